The van der Waals surface area contributed by atoms with Crippen LogP contribution in [-0.4, -0.2) is 24.0 Å². The third-order valence-corrected chi connectivity index (χ3v) is 3.65. The van der Waals surface area contributed by atoms with E-state index in [1.807, 2.05) is 24.4 Å². The van der Waals surface area contributed by atoms with E-state index in [1.54, 1.807) is 0 Å². The molecule has 2 rings (SSSR count). The molecule has 6 heteroatoms. The largest absolute Gasteiger partial charge is 0.370 e. The molecule has 0 atom stereocenters. The van der Waals surface area contributed by atoms with E-state index in [9.17, 15) is 0 Å². The topological polar surface area (TPSA) is 66.2 Å². The summed E-state index contributed by atoms with van der Waals surface area (Å²) in [6.07, 6.45) is 3.96. The van der Waals surface area contributed by atoms with E-state index in [2.05, 4.69) is 29.1 Å². The Morgan fingerprint density at radius 2 is 2.18 bits per heavy atom. The number of benzene rings is 1. The number of aliphatic imine (C=N–C) groups is 1. The first-order valence-electron chi connectivity index (χ1n) is 7.35. The van der Waals surface area contributed by atoms with E-state index in [4.69, 9.17) is 17.3 Å². The Hall–Kier alpha value is -0.950. The van der Waals surface area contributed by atoms with Gasteiger partial charge in [0.15, 0.2) is 5.96 Å². The van der Waals surface area contributed by atoms with E-state index in [-0.39, 0.29) is 24.0 Å². The molecule has 0 spiro atoms. The van der Waals surface area contributed by atoms with Crippen molar-refractivity contribution in [1.82, 2.24) is 10.3 Å². The van der Waals surface area contributed by atoms with Crippen molar-refractivity contribution in [3.63, 3.8) is 0 Å². The Balaban J connectivity index is 0.00000242. The lowest BCUT2D eigenvalue weighted by atomic mass is 10.1. The third-order valence-electron chi connectivity index (χ3n) is 3.42. The summed E-state index contributed by atoms with van der Waals surface area (Å²) in [5.74, 6) is 1.17. The van der Waals surface area contributed by atoms with Gasteiger partial charge in [-0.1, -0.05) is 25.4 Å². The number of guanidine groups is 1. The van der Waals surface area contributed by atoms with Crippen LogP contribution in [0.4, 0.5) is 0 Å². The SMILES string of the molecule is CC(C)CCN=C(N)NCCc1c[nH]c2ccc(Cl)cc12.I. The third kappa shape index (κ3) is 5.68. The Kier molecular flexibility index (Phi) is 8.03. The van der Waals surface area contributed by atoms with Gasteiger partial charge in [-0.15, -0.1) is 24.0 Å². The van der Waals surface area contributed by atoms with Gasteiger partial charge in [-0.3, -0.25) is 4.99 Å². The minimum absolute atomic E-state index is 0. The minimum atomic E-state index is 0. The highest BCUT2D eigenvalue weighted by atomic mass is 127. The summed E-state index contributed by atoms with van der Waals surface area (Å²) in [6, 6.07) is 5.88. The van der Waals surface area contributed by atoms with Crippen molar-refractivity contribution in [3.8, 4) is 0 Å². The molecule has 0 aliphatic carbocycles. The molecule has 0 aliphatic rings. The summed E-state index contributed by atoms with van der Waals surface area (Å²) in [5, 5.41) is 5.08. The van der Waals surface area contributed by atoms with Crippen molar-refractivity contribution in [1.29, 1.82) is 0 Å². The second kappa shape index (κ2) is 9.25. The molecule has 122 valence electrons. The molecular formula is C16H24ClIN4. The number of nitrogens with two attached hydrogens (primary N) is 1. The molecule has 4 N–H and O–H groups in total. The first-order chi connectivity index (χ1) is 10.1. The van der Waals surface area contributed by atoms with Crippen LogP contribution in [0.3, 0.4) is 0 Å². The van der Waals surface area contributed by atoms with E-state index in [0.29, 0.717) is 11.9 Å². The number of fused-ring (bicyclic) bond motifs is 1. The zero-order valence-electron chi connectivity index (χ0n) is 13.0. The Bertz CT molecular complexity index is 622. The second-order valence-electron chi connectivity index (χ2n) is 5.63. The molecule has 0 saturated carbocycles. The summed E-state index contributed by atoms with van der Waals surface area (Å²) in [4.78, 5) is 7.57. The summed E-state index contributed by atoms with van der Waals surface area (Å²) in [5.41, 5.74) is 8.18. The highest BCUT2D eigenvalue weighted by Crippen LogP contribution is 2.22. The summed E-state index contributed by atoms with van der Waals surface area (Å²) in [7, 11) is 0. The number of aromatic nitrogens is 1. The number of rotatable bonds is 6. The molecule has 1 heterocycles. The van der Waals surface area contributed by atoms with Crippen molar-refractivity contribution in [2.45, 2.75) is 26.7 Å². The fraction of sp³-hybridized carbons (Fsp3) is 0.438. The fourth-order valence-corrected chi connectivity index (χ4v) is 2.35. The van der Waals surface area contributed by atoms with E-state index in [0.717, 1.165) is 36.5 Å². The van der Waals surface area contributed by atoms with Crippen molar-refractivity contribution in [2.75, 3.05) is 13.1 Å². The van der Waals surface area contributed by atoms with Crippen molar-refractivity contribution in [2.24, 2.45) is 16.6 Å². The van der Waals surface area contributed by atoms with Crippen LogP contribution >= 0.6 is 35.6 Å². The van der Waals surface area contributed by atoms with Crippen LogP contribution in [-0.2, 0) is 6.42 Å². The van der Waals surface area contributed by atoms with Gasteiger partial charge >= 0.3 is 0 Å². The molecule has 0 unspecified atom stereocenters. The maximum absolute atomic E-state index is 6.05. The number of nitrogens with one attached hydrogen (secondary N) is 2. The maximum atomic E-state index is 6.05. The molecule has 4 nitrogen and oxygen atoms in total. The van der Waals surface area contributed by atoms with Crippen LogP contribution in [0.2, 0.25) is 5.02 Å². The van der Waals surface area contributed by atoms with Gasteiger partial charge in [0.2, 0.25) is 0 Å². The first-order valence-corrected chi connectivity index (χ1v) is 7.73. The molecule has 0 amide bonds. The van der Waals surface area contributed by atoms with Crippen LogP contribution in [0, 0.1) is 5.92 Å². The average molecular weight is 435 g/mol. The lowest BCUT2D eigenvalue weighted by Gasteiger charge is -2.06. The molecule has 0 saturated heterocycles. The monoisotopic (exact) mass is 434 g/mol. The van der Waals surface area contributed by atoms with Crippen molar-refractivity contribution < 1.29 is 0 Å². The van der Waals surface area contributed by atoms with Crippen LogP contribution in [0.1, 0.15) is 25.8 Å². The lowest BCUT2D eigenvalue weighted by Crippen LogP contribution is -2.33. The van der Waals surface area contributed by atoms with Crippen LogP contribution in [0.25, 0.3) is 10.9 Å². The Morgan fingerprint density at radius 1 is 1.41 bits per heavy atom. The smallest absolute Gasteiger partial charge is 0.188 e. The van der Waals surface area contributed by atoms with Crippen molar-refractivity contribution >= 4 is 52.4 Å². The molecule has 22 heavy (non-hydrogen) atoms. The van der Waals surface area contributed by atoms with E-state index < -0.39 is 0 Å². The van der Waals surface area contributed by atoms with Gasteiger partial charge in [0.05, 0.1) is 0 Å². The summed E-state index contributed by atoms with van der Waals surface area (Å²) >= 11 is 6.05. The molecule has 2 aromatic rings. The molecule has 1 aromatic carbocycles. The lowest BCUT2D eigenvalue weighted by molar-refractivity contribution is 0.595. The van der Waals surface area contributed by atoms with Gasteiger partial charge in [0.1, 0.15) is 0 Å². The summed E-state index contributed by atoms with van der Waals surface area (Å²) < 4.78 is 0. The quantitative estimate of drug-likeness (QED) is 0.366. The normalized spacial score (nSPS) is 11.7. The predicted molar refractivity (Wildman–Crippen MR) is 106 cm³/mol. The summed E-state index contributed by atoms with van der Waals surface area (Å²) in [6.45, 7) is 5.90. The zero-order chi connectivity index (χ0) is 15.2. The number of halogens is 2. The van der Waals surface area contributed by atoms with Gasteiger partial charge in [-0.05, 0) is 42.5 Å². The molecule has 1 aromatic heterocycles. The number of hydrogen-bond acceptors (Lipinski definition) is 1. The molecular weight excluding hydrogens is 411 g/mol. The molecule has 0 fully saturated rings. The van der Waals surface area contributed by atoms with E-state index in [1.165, 1.54) is 10.9 Å². The molecule has 0 bridgehead atoms. The van der Waals surface area contributed by atoms with Gasteiger partial charge < -0.3 is 16.0 Å². The highest BCUT2D eigenvalue weighted by Gasteiger charge is 2.04. The van der Waals surface area contributed by atoms with Crippen LogP contribution in [0.5, 0.6) is 0 Å². The molecule has 0 radical (unpaired) electrons. The standard InChI is InChI=1S/C16H23ClN4.HI/c1-11(2)5-7-19-16(18)20-8-6-12-10-21-15-4-3-13(17)9-14(12)15;/h3-4,9-11,21H,5-8H2,1-2H3,(H3,18,19,20);1H. The average Bonchev–Trinajstić information content (AvgIpc) is 2.81. The van der Waals surface area contributed by atoms with Crippen LogP contribution < -0.4 is 11.1 Å². The molecule has 0 aliphatic heterocycles. The first kappa shape index (κ1) is 19.1. The zero-order valence-corrected chi connectivity index (χ0v) is 16.1. The fourth-order valence-electron chi connectivity index (χ4n) is 2.18. The highest BCUT2D eigenvalue weighted by molar-refractivity contribution is 14.0. The number of hydrogen-bond donors (Lipinski definition) is 3. The van der Waals surface area contributed by atoms with Gasteiger partial charge in [-0.25, -0.2) is 0 Å². The second-order valence-corrected chi connectivity index (χ2v) is 6.07. The van der Waals surface area contributed by atoms with Crippen LogP contribution in [0.15, 0.2) is 29.4 Å². The minimum Gasteiger partial charge on any atom is -0.370 e. The van der Waals surface area contributed by atoms with Crippen molar-refractivity contribution in [3.05, 3.63) is 35.0 Å². The predicted octanol–water partition coefficient (Wildman–Crippen LogP) is 3.93. The van der Waals surface area contributed by atoms with E-state index >= 15 is 0 Å². The Labute approximate surface area is 153 Å². The number of nitrogens with zero attached hydrogens (tertiary/aromatic N) is 1. The number of aromatic amines is 1. The Morgan fingerprint density at radius 3 is 2.91 bits per heavy atom. The number of H-pyrrole nitrogens is 1. The maximum Gasteiger partial charge on any atom is 0.188 e. The van der Waals surface area contributed by atoms with Gasteiger partial charge in [0, 0.05) is 35.2 Å². The van der Waals surface area contributed by atoms with Gasteiger partial charge in [0.25, 0.3) is 0 Å². The van der Waals surface area contributed by atoms with Gasteiger partial charge in [-0.2, -0.15) is 0 Å².